The molecule has 2 aliphatic rings. The third kappa shape index (κ3) is 3.89. The Morgan fingerprint density at radius 2 is 1.73 bits per heavy atom. The molecule has 0 spiro atoms. The Labute approximate surface area is 172 Å². The van der Waals surface area contributed by atoms with Gasteiger partial charge in [0.15, 0.2) is 0 Å². The number of hydrogen-bond donors (Lipinski definition) is 4. The molecule has 30 heavy (non-hydrogen) atoms. The van der Waals surface area contributed by atoms with Gasteiger partial charge in [-0.25, -0.2) is 18.5 Å². The number of amides is 1. The van der Waals surface area contributed by atoms with Crippen molar-refractivity contribution >= 4 is 39.4 Å². The number of hydrogen-bond acceptors (Lipinski definition) is 7. The van der Waals surface area contributed by atoms with Gasteiger partial charge in [-0.2, -0.15) is 4.98 Å². The van der Waals surface area contributed by atoms with Crippen molar-refractivity contribution in [3.05, 3.63) is 48.7 Å². The molecule has 1 aromatic carbocycles. The minimum atomic E-state index is -3.78. The zero-order valence-electron chi connectivity index (χ0n) is 15.6. The van der Waals surface area contributed by atoms with Gasteiger partial charge in [0.05, 0.1) is 16.7 Å². The normalized spacial score (nSPS) is 24.6. The van der Waals surface area contributed by atoms with E-state index < -0.39 is 33.7 Å². The number of rotatable bonds is 6. The molecule has 0 radical (unpaired) electrons. The number of nitrogens with one attached hydrogen (secondary N) is 2. The predicted octanol–water partition coefficient (Wildman–Crippen LogP) is 1.33. The van der Waals surface area contributed by atoms with E-state index >= 15 is 0 Å². The topological polar surface area (TPSA) is 164 Å². The third-order valence-corrected chi connectivity index (χ3v) is 6.32. The first-order valence-electron chi connectivity index (χ1n) is 9.17. The van der Waals surface area contributed by atoms with E-state index in [2.05, 4.69) is 20.6 Å². The number of carboxylic acids is 1. The summed E-state index contributed by atoms with van der Waals surface area (Å²) in [5, 5.41) is 20.2. The molecule has 4 atom stereocenters. The van der Waals surface area contributed by atoms with E-state index in [0.29, 0.717) is 17.9 Å². The average molecular weight is 429 g/mol. The molecule has 1 fully saturated rings. The van der Waals surface area contributed by atoms with Gasteiger partial charge in [-0.3, -0.25) is 14.9 Å². The molecule has 1 saturated carbocycles. The third-order valence-electron chi connectivity index (χ3n) is 5.39. The van der Waals surface area contributed by atoms with Crippen molar-refractivity contribution in [3.63, 3.8) is 0 Å². The van der Waals surface area contributed by atoms with Crippen molar-refractivity contribution in [3.8, 4) is 0 Å². The van der Waals surface area contributed by atoms with E-state index in [1.54, 1.807) is 6.07 Å². The van der Waals surface area contributed by atoms with Gasteiger partial charge < -0.3 is 10.4 Å². The van der Waals surface area contributed by atoms with Crippen LogP contribution in [-0.4, -0.2) is 35.4 Å². The Hall–Kier alpha value is -3.31. The van der Waals surface area contributed by atoms with Crippen LogP contribution in [0.1, 0.15) is 6.42 Å². The van der Waals surface area contributed by atoms with Crippen LogP contribution in [0.5, 0.6) is 0 Å². The Bertz CT molecular complexity index is 1130. The summed E-state index contributed by atoms with van der Waals surface area (Å²) in [5.74, 6) is -2.64. The highest BCUT2D eigenvalue weighted by Gasteiger charge is 2.51. The highest BCUT2D eigenvalue weighted by atomic mass is 32.2. The second-order valence-electron chi connectivity index (χ2n) is 7.29. The Kier molecular flexibility index (Phi) is 5.00. The molecule has 2 bridgehead atoms. The van der Waals surface area contributed by atoms with Crippen LogP contribution in [0.3, 0.4) is 0 Å². The van der Waals surface area contributed by atoms with Crippen molar-refractivity contribution in [2.24, 2.45) is 28.8 Å². The quantitative estimate of drug-likeness (QED) is 0.499. The van der Waals surface area contributed by atoms with Gasteiger partial charge in [0.1, 0.15) is 5.82 Å². The number of aromatic nitrogens is 2. The number of carbonyl (C=O) groups is 2. The predicted molar refractivity (Wildman–Crippen MR) is 107 cm³/mol. The molecule has 5 N–H and O–H groups in total. The number of carbonyl (C=O) groups excluding carboxylic acids is 1. The first kappa shape index (κ1) is 20.0. The summed E-state index contributed by atoms with van der Waals surface area (Å²) in [6.07, 6.45) is 5.87. The number of benzene rings is 1. The number of nitrogens with two attached hydrogens (primary N) is 1. The molecular weight excluding hydrogens is 410 g/mol. The van der Waals surface area contributed by atoms with Crippen LogP contribution in [0.2, 0.25) is 0 Å². The summed E-state index contributed by atoms with van der Waals surface area (Å²) in [6.45, 7) is 0. The second-order valence-corrected chi connectivity index (χ2v) is 8.85. The first-order chi connectivity index (χ1) is 14.2. The van der Waals surface area contributed by atoms with Gasteiger partial charge in [-0.15, -0.1) is 0 Å². The monoisotopic (exact) mass is 429 g/mol. The highest BCUT2D eigenvalue weighted by molar-refractivity contribution is 7.89. The zero-order chi connectivity index (χ0) is 21.5. The lowest BCUT2D eigenvalue weighted by Crippen LogP contribution is -2.36. The zero-order valence-corrected chi connectivity index (χ0v) is 16.4. The smallest absolute Gasteiger partial charge is 0.307 e. The van der Waals surface area contributed by atoms with Crippen LogP contribution in [-0.2, 0) is 19.6 Å². The number of nitrogens with zero attached hydrogens (tertiary/aromatic N) is 2. The molecule has 1 aromatic heterocycles. The van der Waals surface area contributed by atoms with Crippen molar-refractivity contribution in [1.82, 2.24) is 9.97 Å². The van der Waals surface area contributed by atoms with Gasteiger partial charge in [0.25, 0.3) is 0 Å². The van der Waals surface area contributed by atoms with Crippen molar-refractivity contribution in [1.29, 1.82) is 0 Å². The van der Waals surface area contributed by atoms with Crippen LogP contribution in [0.25, 0.3) is 0 Å². The van der Waals surface area contributed by atoms with E-state index in [1.807, 2.05) is 12.2 Å². The fourth-order valence-corrected chi connectivity index (χ4v) is 4.59. The van der Waals surface area contributed by atoms with E-state index in [-0.39, 0.29) is 22.7 Å². The molecule has 0 saturated heterocycles. The SMILES string of the molecule is NS(=O)(=O)c1ccc(Nc2ccnc(NC(=O)[C@H]3[C@@H](C(=O)O)[C@H]4C=C[C@@H]3C4)n2)cc1. The maximum atomic E-state index is 12.7. The van der Waals surface area contributed by atoms with E-state index in [1.165, 1.54) is 30.5 Å². The number of aliphatic carboxylic acids is 1. The molecular formula is C19H19N5O5S. The standard InChI is InChI=1S/C19H19N5O5S/c20-30(28,29)13-5-3-12(4-6-13)22-14-7-8-21-19(23-14)24-17(25)15-10-1-2-11(9-10)16(15)18(26)27/h1-8,10-11,15-16H,9H2,(H,26,27)(H2,20,28,29)(H2,21,22,23,24,25)/t10-,11+,15-,16+/m1/s1. The molecule has 0 aliphatic heterocycles. The molecule has 11 heteroatoms. The number of allylic oxidation sites excluding steroid dienone is 2. The molecule has 2 aliphatic carbocycles. The second kappa shape index (κ2) is 7.50. The largest absolute Gasteiger partial charge is 0.481 e. The molecule has 10 nitrogen and oxygen atoms in total. The summed E-state index contributed by atoms with van der Waals surface area (Å²) >= 11 is 0. The molecule has 0 unspecified atom stereocenters. The Morgan fingerprint density at radius 1 is 1.07 bits per heavy atom. The average Bonchev–Trinajstić information content (AvgIpc) is 3.29. The van der Waals surface area contributed by atoms with E-state index in [4.69, 9.17) is 5.14 Å². The van der Waals surface area contributed by atoms with Gasteiger partial charge in [-0.1, -0.05) is 12.2 Å². The fraction of sp³-hybridized carbons (Fsp3) is 0.263. The number of sulfonamides is 1. The number of anilines is 3. The maximum absolute atomic E-state index is 12.7. The van der Waals surface area contributed by atoms with Crippen molar-refractivity contribution < 1.29 is 23.1 Å². The first-order valence-corrected chi connectivity index (χ1v) is 10.7. The van der Waals surface area contributed by atoms with Gasteiger partial charge >= 0.3 is 5.97 Å². The summed E-state index contributed by atoms with van der Waals surface area (Å²) in [6, 6.07) is 7.34. The van der Waals surface area contributed by atoms with Crippen LogP contribution < -0.4 is 15.8 Å². The van der Waals surface area contributed by atoms with E-state index in [9.17, 15) is 23.1 Å². The van der Waals surface area contributed by atoms with Gasteiger partial charge in [0.2, 0.25) is 21.9 Å². The number of carboxylic acid groups (broad SMARTS) is 1. The van der Waals surface area contributed by atoms with Gasteiger partial charge in [0, 0.05) is 11.9 Å². The lowest BCUT2D eigenvalue weighted by Gasteiger charge is -2.23. The molecule has 4 rings (SSSR count). The summed E-state index contributed by atoms with van der Waals surface area (Å²) in [4.78, 5) is 32.6. The summed E-state index contributed by atoms with van der Waals surface area (Å²) in [7, 11) is -3.78. The minimum Gasteiger partial charge on any atom is -0.481 e. The fourth-order valence-electron chi connectivity index (χ4n) is 4.07. The van der Waals surface area contributed by atoms with Crippen LogP contribution in [0, 0.1) is 23.7 Å². The minimum absolute atomic E-state index is 0.0170. The Balaban J connectivity index is 1.47. The summed E-state index contributed by atoms with van der Waals surface area (Å²) in [5.41, 5.74) is 0.558. The Morgan fingerprint density at radius 3 is 2.37 bits per heavy atom. The molecule has 1 heterocycles. The maximum Gasteiger partial charge on any atom is 0.307 e. The lowest BCUT2D eigenvalue weighted by atomic mass is 9.82. The van der Waals surface area contributed by atoms with Crippen molar-refractivity contribution in [2.75, 3.05) is 10.6 Å². The van der Waals surface area contributed by atoms with Crippen LogP contribution >= 0.6 is 0 Å². The molecule has 1 amide bonds. The molecule has 156 valence electrons. The number of fused-ring (bicyclic) bond motifs is 2. The lowest BCUT2D eigenvalue weighted by molar-refractivity contribution is -0.146. The van der Waals surface area contributed by atoms with Crippen LogP contribution in [0.4, 0.5) is 17.5 Å². The van der Waals surface area contributed by atoms with Gasteiger partial charge in [-0.05, 0) is 48.6 Å². The van der Waals surface area contributed by atoms with Crippen LogP contribution in [0.15, 0.2) is 53.6 Å². The van der Waals surface area contributed by atoms with E-state index in [0.717, 1.165) is 0 Å². The summed E-state index contributed by atoms with van der Waals surface area (Å²) < 4.78 is 22.7. The van der Waals surface area contributed by atoms with Crippen molar-refractivity contribution in [2.45, 2.75) is 11.3 Å². The highest BCUT2D eigenvalue weighted by Crippen LogP contribution is 2.48. The number of primary sulfonamides is 1. The molecule has 2 aromatic rings.